The molecule has 2 rings (SSSR count). The van der Waals surface area contributed by atoms with Gasteiger partial charge in [0.05, 0.1) is 12.7 Å². The topological polar surface area (TPSA) is 47.6 Å². The van der Waals surface area contributed by atoms with Crippen LogP contribution in [-0.4, -0.2) is 19.6 Å². The van der Waals surface area contributed by atoms with Crippen LogP contribution in [0.2, 0.25) is 0 Å². The van der Waals surface area contributed by atoms with E-state index in [-0.39, 0.29) is 18.2 Å². The summed E-state index contributed by atoms with van der Waals surface area (Å²) < 4.78 is 34.1. The zero-order chi connectivity index (χ0) is 16.8. The molecule has 0 fully saturated rings. The minimum Gasteiger partial charge on any atom is -0.497 e. The fourth-order valence-corrected chi connectivity index (χ4v) is 2.30. The Morgan fingerprint density at radius 1 is 1.17 bits per heavy atom. The predicted molar refractivity (Wildman–Crippen MR) is 84.9 cm³/mol. The first-order valence-corrected chi connectivity index (χ1v) is 7.44. The van der Waals surface area contributed by atoms with Gasteiger partial charge in [-0.25, -0.2) is 0 Å². The third-order valence-electron chi connectivity index (χ3n) is 3.02. The summed E-state index contributed by atoms with van der Waals surface area (Å²) in [6, 6.07) is 11.2. The van der Waals surface area contributed by atoms with Gasteiger partial charge in [0.2, 0.25) is 0 Å². The summed E-state index contributed by atoms with van der Waals surface area (Å²) in [4.78, 5) is 12.2. The molecule has 0 unspecified atom stereocenters. The van der Waals surface area contributed by atoms with Crippen molar-refractivity contribution in [2.24, 2.45) is 0 Å². The molecule has 23 heavy (non-hydrogen) atoms. The van der Waals surface area contributed by atoms with Gasteiger partial charge in [0.1, 0.15) is 11.5 Å². The number of amides is 1. The molecule has 0 aliphatic heterocycles. The molecule has 4 nitrogen and oxygen atoms in total. The van der Waals surface area contributed by atoms with Crippen molar-refractivity contribution in [2.45, 2.75) is 13.2 Å². The van der Waals surface area contributed by atoms with Gasteiger partial charge >= 0.3 is 6.61 Å². The maximum absolute atomic E-state index is 12.2. The summed E-state index contributed by atoms with van der Waals surface area (Å²) in [5, 5.41) is 2.75. The molecule has 1 amide bonds. The van der Waals surface area contributed by atoms with E-state index in [1.54, 1.807) is 30.3 Å². The van der Waals surface area contributed by atoms with Crippen LogP contribution in [0.5, 0.6) is 11.5 Å². The number of halogens is 3. The van der Waals surface area contributed by atoms with Crippen molar-refractivity contribution in [3.63, 3.8) is 0 Å². The molecule has 0 saturated carbocycles. The Labute approximate surface area is 140 Å². The zero-order valence-electron chi connectivity index (χ0n) is 12.2. The highest BCUT2D eigenvalue weighted by molar-refractivity contribution is 9.10. The van der Waals surface area contributed by atoms with E-state index in [4.69, 9.17) is 4.74 Å². The number of rotatable bonds is 6. The summed E-state index contributed by atoms with van der Waals surface area (Å²) in [7, 11) is 1.52. The molecule has 0 heterocycles. The van der Waals surface area contributed by atoms with Gasteiger partial charge in [-0.05, 0) is 51.8 Å². The van der Waals surface area contributed by atoms with Crippen LogP contribution in [0.15, 0.2) is 46.9 Å². The second kappa shape index (κ2) is 7.92. The zero-order valence-corrected chi connectivity index (χ0v) is 13.8. The summed E-state index contributed by atoms with van der Waals surface area (Å²) >= 11 is 3.31. The third-order valence-corrected chi connectivity index (χ3v) is 3.71. The van der Waals surface area contributed by atoms with Gasteiger partial charge < -0.3 is 14.8 Å². The highest BCUT2D eigenvalue weighted by Gasteiger charge is 2.11. The molecule has 2 aromatic carbocycles. The Kier molecular flexibility index (Phi) is 5.92. The van der Waals surface area contributed by atoms with Crippen LogP contribution in [0.4, 0.5) is 8.78 Å². The van der Waals surface area contributed by atoms with E-state index in [1.807, 2.05) is 0 Å². The third kappa shape index (κ3) is 4.92. The van der Waals surface area contributed by atoms with Crippen molar-refractivity contribution < 1.29 is 23.0 Å². The number of alkyl halides is 2. The fourth-order valence-electron chi connectivity index (χ4n) is 1.87. The summed E-state index contributed by atoms with van der Waals surface area (Å²) in [6.07, 6.45) is 0. The van der Waals surface area contributed by atoms with Crippen molar-refractivity contribution in [1.82, 2.24) is 5.32 Å². The maximum atomic E-state index is 12.2. The summed E-state index contributed by atoms with van der Waals surface area (Å²) in [5.74, 6) is 0.376. The number of carbonyl (C=O) groups is 1. The lowest BCUT2D eigenvalue weighted by molar-refractivity contribution is -0.0498. The molecule has 0 radical (unpaired) electrons. The van der Waals surface area contributed by atoms with E-state index < -0.39 is 6.61 Å². The molecule has 122 valence electrons. The molecule has 0 saturated heterocycles. The molecule has 0 aliphatic rings. The van der Waals surface area contributed by atoms with Gasteiger partial charge in [-0.2, -0.15) is 8.78 Å². The summed E-state index contributed by atoms with van der Waals surface area (Å²) in [5.41, 5.74) is 1.21. The van der Waals surface area contributed by atoms with Crippen LogP contribution >= 0.6 is 15.9 Å². The Hall–Kier alpha value is -2.15. The number of nitrogens with one attached hydrogen (secondary N) is 1. The van der Waals surface area contributed by atoms with Gasteiger partial charge in [0.25, 0.3) is 5.91 Å². The number of benzene rings is 2. The average Bonchev–Trinajstić information content (AvgIpc) is 2.54. The quantitative estimate of drug-likeness (QED) is 0.817. The highest BCUT2D eigenvalue weighted by atomic mass is 79.9. The van der Waals surface area contributed by atoms with Crippen LogP contribution in [0.3, 0.4) is 0 Å². The molecule has 0 aromatic heterocycles. The second-order valence-electron chi connectivity index (χ2n) is 4.55. The molecule has 2 aromatic rings. The van der Waals surface area contributed by atoms with E-state index in [0.29, 0.717) is 15.8 Å². The first-order chi connectivity index (χ1) is 11.0. The van der Waals surface area contributed by atoms with E-state index in [1.165, 1.54) is 19.2 Å². The van der Waals surface area contributed by atoms with Gasteiger partial charge in [0.15, 0.2) is 0 Å². The largest absolute Gasteiger partial charge is 0.497 e. The lowest BCUT2D eigenvalue weighted by atomic mass is 10.2. The van der Waals surface area contributed by atoms with Crippen LogP contribution < -0.4 is 14.8 Å². The van der Waals surface area contributed by atoms with Gasteiger partial charge in [-0.3, -0.25) is 4.79 Å². The van der Waals surface area contributed by atoms with Crippen LogP contribution in [-0.2, 0) is 6.54 Å². The molecule has 0 aliphatic carbocycles. The Morgan fingerprint density at radius 3 is 2.43 bits per heavy atom. The average molecular weight is 386 g/mol. The van der Waals surface area contributed by atoms with Crippen molar-refractivity contribution in [2.75, 3.05) is 7.11 Å². The van der Waals surface area contributed by atoms with Crippen molar-refractivity contribution in [1.29, 1.82) is 0 Å². The standard InChI is InChI=1S/C16H14BrF2NO3/c1-22-12-6-7-14(17)13(8-12)15(21)20-9-10-2-4-11(5-3-10)23-16(18)19/h2-8,16H,9H2,1H3,(H,20,21). The monoisotopic (exact) mass is 385 g/mol. The number of carbonyl (C=O) groups excluding carboxylic acids is 1. The molecule has 0 bridgehead atoms. The fraction of sp³-hybridized carbons (Fsp3) is 0.188. The number of methoxy groups -OCH3 is 1. The second-order valence-corrected chi connectivity index (χ2v) is 5.41. The first-order valence-electron chi connectivity index (χ1n) is 6.65. The Morgan fingerprint density at radius 2 is 1.83 bits per heavy atom. The molecule has 7 heteroatoms. The summed E-state index contributed by atoms with van der Waals surface area (Å²) in [6.45, 7) is -2.59. The smallest absolute Gasteiger partial charge is 0.387 e. The lowest BCUT2D eigenvalue weighted by Gasteiger charge is -2.09. The minimum atomic E-state index is -2.86. The van der Waals surface area contributed by atoms with Crippen LogP contribution in [0, 0.1) is 0 Å². The van der Waals surface area contributed by atoms with Crippen molar-refractivity contribution in [3.05, 3.63) is 58.1 Å². The molecular formula is C16H14BrF2NO3. The number of ether oxygens (including phenoxy) is 2. The molecule has 1 N–H and O–H groups in total. The van der Waals surface area contributed by atoms with E-state index >= 15 is 0 Å². The van der Waals surface area contributed by atoms with E-state index in [9.17, 15) is 13.6 Å². The molecule has 0 atom stereocenters. The number of hydrogen-bond donors (Lipinski definition) is 1. The van der Waals surface area contributed by atoms with Crippen molar-refractivity contribution >= 4 is 21.8 Å². The normalized spacial score (nSPS) is 10.5. The van der Waals surface area contributed by atoms with E-state index in [2.05, 4.69) is 26.0 Å². The van der Waals surface area contributed by atoms with Crippen LogP contribution in [0.1, 0.15) is 15.9 Å². The molecular weight excluding hydrogens is 372 g/mol. The van der Waals surface area contributed by atoms with Crippen LogP contribution in [0.25, 0.3) is 0 Å². The van der Waals surface area contributed by atoms with Crippen molar-refractivity contribution in [3.8, 4) is 11.5 Å². The van der Waals surface area contributed by atoms with Gasteiger partial charge in [-0.1, -0.05) is 12.1 Å². The Balaban J connectivity index is 1.99. The molecule has 0 spiro atoms. The minimum absolute atomic E-state index is 0.0746. The lowest BCUT2D eigenvalue weighted by Crippen LogP contribution is -2.23. The highest BCUT2D eigenvalue weighted by Crippen LogP contribution is 2.22. The van der Waals surface area contributed by atoms with Gasteiger partial charge in [-0.15, -0.1) is 0 Å². The van der Waals surface area contributed by atoms with E-state index in [0.717, 1.165) is 5.56 Å². The maximum Gasteiger partial charge on any atom is 0.387 e. The number of hydrogen-bond acceptors (Lipinski definition) is 3. The first kappa shape index (κ1) is 17.2. The van der Waals surface area contributed by atoms with Gasteiger partial charge in [0, 0.05) is 11.0 Å². The Bertz CT molecular complexity index is 678. The SMILES string of the molecule is COc1ccc(Br)c(C(=O)NCc2ccc(OC(F)F)cc2)c1. The predicted octanol–water partition coefficient (Wildman–Crippen LogP) is 3.99.